The topological polar surface area (TPSA) is 181 Å². The van der Waals surface area contributed by atoms with Crippen LogP contribution in [0.1, 0.15) is 79.2 Å². The lowest BCUT2D eigenvalue weighted by atomic mass is 10.0. The SMILES string of the molecule is CC(C)NCCCCC(=O)N[C@H](C(=O)NC(CCCNC(N)=O)C(=O)Nc1ccc(COC(=O)C(C)C)cc1)C(C)C. The molecule has 0 heterocycles. The van der Waals surface area contributed by atoms with E-state index in [-0.39, 0.29) is 43.3 Å². The normalized spacial score (nSPS) is 12.5. The van der Waals surface area contributed by atoms with E-state index in [1.54, 1.807) is 38.1 Å². The van der Waals surface area contributed by atoms with Gasteiger partial charge in [0, 0.05) is 24.7 Å². The lowest BCUT2D eigenvalue weighted by Gasteiger charge is -2.25. The highest BCUT2D eigenvalue weighted by molar-refractivity contribution is 5.98. The molecule has 0 aliphatic carbocycles. The van der Waals surface area contributed by atoms with E-state index in [1.165, 1.54) is 0 Å². The average molecular weight is 591 g/mol. The number of carbonyl (C=O) groups is 5. The summed E-state index contributed by atoms with van der Waals surface area (Å²) in [5.41, 5.74) is 6.39. The molecule has 0 aliphatic rings. The van der Waals surface area contributed by atoms with Crippen LogP contribution in [-0.2, 0) is 30.5 Å². The van der Waals surface area contributed by atoms with Crippen molar-refractivity contribution >= 4 is 35.4 Å². The van der Waals surface area contributed by atoms with Crippen molar-refractivity contribution in [3.05, 3.63) is 29.8 Å². The molecule has 7 N–H and O–H groups in total. The predicted octanol–water partition coefficient (Wildman–Crippen LogP) is 2.57. The average Bonchev–Trinajstić information content (AvgIpc) is 2.91. The third-order valence-electron chi connectivity index (χ3n) is 6.32. The Bertz CT molecular complexity index is 1010. The number of hydrogen-bond acceptors (Lipinski definition) is 7. The lowest BCUT2D eigenvalue weighted by Crippen LogP contribution is -2.54. The first-order valence-corrected chi connectivity index (χ1v) is 14.7. The number of primary amides is 1. The molecule has 0 saturated heterocycles. The molecule has 236 valence electrons. The van der Waals surface area contributed by atoms with Crippen molar-refractivity contribution < 1.29 is 28.7 Å². The summed E-state index contributed by atoms with van der Waals surface area (Å²) in [6.45, 7) is 12.4. The summed E-state index contributed by atoms with van der Waals surface area (Å²) in [4.78, 5) is 61.8. The van der Waals surface area contributed by atoms with Gasteiger partial charge in [0.1, 0.15) is 18.7 Å². The van der Waals surface area contributed by atoms with Crippen LogP contribution in [0, 0.1) is 11.8 Å². The highest BCUT2D eigenvalue weighted by Crippen LogP contribution is 2.13. The Hall–Kier alpha value is -3.67. The van der Waals surface area contributed by atoms with Gasteiger partial charge in [0.15, 0.2) is 0 Å². The zero-order valence-corrected chi connectivity index (χ0v) is 25.9. The fourth-order valence-electron chi connectivity index (χ4n) is 3.86. The summed E-state index contributed by atoms with van der Waals surface area (Å²) in [6, 6.07) is 4.77. The fourth-order valence-corrected chi connectivity index (χ4v) is 3.86. The van der Waals surface area contributed by atoms with Crippen LogP contribution in [0.15, 0.2) is 24.3 Å². The Balaban J connectivity index is 2.83. The Labute approximate surface area is 249 Å². The van der Waals surface area contributed by atoms with Crippen molar-refractivity contribution in [2.24, 2.45) is 17.6 Å². The number of anilines is 1. The third kappa shape index (κ3) is 15.4. The predicted molar refractivity (Wildman–Crippen MR) is 162 cm³/mol. The summed E-state index contributed by atoms with van der Waals surface area (Å²) in [7, 11) is 0. The second kappa shape index (κ2) is 19.5. The number of unbranched alkanes of at least 4 members (excludes halogenated alkanes) is 1. The zero-order chi connectivity index (χ0) is 31.7. The van der Waals surface area contributed by atoms with Crippen LogP contribution in [0.5, 0.6) is 0 Å². The van der Waals surface area contributed by atoms with E-state index in [4.69, 9.17) is 10.5 Å². The van der Waals surface area contributed by atoms with Crippen LogP contribution in [0.2, 0.25) is 0 Å². The second-order valence-corrected chi connectivity index (χ2v) is 11.3. The minimum Gasteiger partial charge on any atom is -0.461 e. The van der Waals surface area contributed by atoms with E-state index in [0.717, 1.165) is 18.5 Å². The number of amides is 5. The molecular formula is C30H50N6O6. The monoisotopic (exact) mass is 590 g/mol. The lowest BCUT2D eigenvalue weighted by molar-refractivity contribution is -0.148. The molecule has 0 fully saturated rings. The van der Waals surface area contributed by atoms with Crippen molar-refractivity contribution in [1.82, 2.24) is 21.3 Å². The first-order valence-electron chi connectivity index (χ1n) is 14.7. The highest BCUT2D eigenvalue weighted by Gasteiger charge is 2.28. The number of rotatable bonds is 19. The molecular weight excluding hydrogens is 540 g/mol. The largest absolute Gasteiger partial charge is 0.461 e. The number of benzene rings is 1. The molecule has 2 atom stereocenters. The van der Waals surface area contributed by atoms with Crippen molar-refractivity contribution in [3.8, 4) is 0 Å². The molecule has 1 unspecified atom stereocenters. The summed E-state index contributed by atoms with van der Waals surface area (Å²) in [5, 5.41) is 14.2. The highest BCUT2D eigenvalue weighted by atomic mass is 16.5. The molecule has 12 heteroatoms. The molecule has 0 spiro atoms. The summed E-state index contributed by atoms with van der Waals surface area (Å²) >= 11 is 0. The van der Waals surface area contributed by atoms with Gasteiger partial charge in [-0.05, 0) is 55.8 Å². The molecule has 0 bridgehead atoms. The number of nitrogens with two attached hydrogens (primary N) is 1. The van der Waals surface area contributed by atoms with Crippen molar-refractivity contribution in [2.45, 2.75) is 98.4 Å². The molecule has 1 aromatic rings. The van der Waals surface area contributed by atoms with Crippen molar-refractivity contribution in [1.29, 1.82) is 0 Å². The van der Waals surface area contributed by atoms with Crippen molar-refractivity contribution in [3.63, 3.8) is 0 Å². The Kier molecular flexibility index (Phi) is 16.8. The van der Waals surface area contributed by atoms with Crippen LogP contribution in [0.3, 0.4) is 0 Å². The first kappa shape index (κ1) is 36.4. The molecule has 5 amide bonds. The molecule has 12 nitrogen and oxygen atoms in total. The molecule has 0 aliphatic heterocycles. The van der Waals surface area contributed by atoms with Crippen LogP contribution in [0.25, 0.3) is 0 Å². The molecule has 42 heavy (non-hydrogen) atoms. The van der Waals surface area contributed by atoms with Gasteiger partial charge in [-0.1, -0.05) is 53.7 Å². The standard InChI is InChI=1S/C30H50N6O6/c1-19(2)26(36-25(37)11-7-8-16-32-21(5)6)28(39)35-24(10-9-17-33-30(31)41)27(38)34-23-14-12-22(13-15-23)18-42-29(40)20(3)4/h12-15,19-21,24,26,32H,7-11,16-18H2,1-6H3,(H,34,38)(H,35,39)(H,36,37)(H3,31,33,41)/t24?,26-/m0/s1. The molecule has 0 aromatic heterocycles. The number of esters is 1. The minimum atomic E-state index is -0.931. The van der Waals surface area contributed by atoms with Crippen LogP contribution >= 0.6 is 0 Å². The second-order valence-electron chi connectivity index (χ2n) is 11.3. The third-order valence-corrected chi connectivity index (χ3v) is 6.32. The minimum absolute atomic E-state index is 0.119. The summed E-state index contributed by atoms with van der Waals surface area (Å²) in [6.07, 6.45) is 2.43. The van der Waals surface area contributed by atoms with E-state index < -0.39 is 29.9 Å². The number of carbonyl (C=O) groups excluding carboxylic acids is 5. The van der Waals surface area contributed by atoms with Gasteiger partial charge in [-0.3, -0.25) is 19.2 Å². The first-order chi connectivity index (χ1) is 19.8. The van der Waals surface area contributed by atoms with Crippen LogP contribution < -0.4 is 32.3 Å². The quantitative estimate of drug-likeness (QED) is 0.106. The maximum atomic E-state index is 13.3. The van der Waals surface area contributed by atoms with Gasteiger partial charge in [0.05, 0.1) is 5.92 Å². The van der Waals surface area contributed by atoms with E-state index in [2.05, 4.69) is 40.4 Å². The maximum absolute atomic E-state index is 13.3. The molecule has 0 saturated carbocycles. The fraction of sp³-hybridized carbons (Fsp3) is 0.633. The number of urea groups is 1. The molecule has 1 aromatic carbocycles. The molecule has 0 radical (unpaired) electrons. The molecule has 1 rings (SSSR count). The smallest absolute Gasteiger partial charge is 0.312 e. The Morgan fingerprint density at radius 3 is 2.07 bits per heavy atom. The van der Waals surface area contributed by atoms with E-state index in [1.807, 2.05) is 13.8 Å². The number of hydrogen-bond donors (Lipinski definition) is 6. The summed E-state index contributed by atoms with van der Waals surface area (Å²) < 4.78 is 5.23. The van der Waals surface area contributed by atoms with Crippen molar-refractivity contribution in [2.75, 3.05) is 18.4 Å². The van der Waals surface area contributed by atoms with E-state index >= 15 is 0 Å². The number of nitrogens with one attached hydrogen (secondary N) is 5. The maximum Gasteiger partial charge on any atom is 0.312 e. The van der Waals surface area contributed by atoms with Gasteiger partial charge in [0.2, 0.25) is 17.7 Å². The van der Waals surface area contributed by atoms with Crippen LogP contribution in [0.4, 0.5) is 10.5 Å². The van der Waals surface area contributed by atoms with Gasteiger partial charge >= 0.3 is 12.0 Å². The summed E-state index contributed by atoms with van der Waals surface area (Å²) in [5.74, 6) is -1.88. The van der Waals surface area contributed by atoms with Gasteiger partial charge in [-0.25, -0.2) is 4.79 Å². The van der Waals surface area contributed by atoms with E-state index in [0.29, 0.717) is 31.0 Å². The van der Waals surface area contributed by atoms with Crippen LogP contribution in [-0.4, -0.2) is 60.9 Å². The van der Waals surface area contributed by atoms with Gasteiger partial charge in [-0.15, -0.1) is 0 Å². The van der Waals surface area contributed by atoms with E-state index in [9.17, 15) is 24.0 Å². The van der Waals surface area contributed by atoms with Gasteiger partial charge in [0.25, 0.3) is 0 Å². The number of ether oxygens (including phenoxy) is 1. The Morgan fingerprint density at radius 1 is 0.833 bits per heavy atom. The van der Waals surface area contributed by atoms with Gasteiger partial charge < -0.3 is 37.1 Å². The Morgan fingerprint density at radius 2 is 1.50 bits per heavy atom. The zero-order valence-electron chi connectivity index (χ0n) is 25.9. The van der Waals surface area contributed by atoms with Gasteiger partial charge in [-0.2, -0.15) is 0 Å².